The minimum atomic E-state index is -0.413. The van der Waals surface area contributed by atoms with E-state index in [4.69, 9.17) is 11.6 Å². The molecule has 0 aliphatic carbocycles. The molecule has 1 heterocycles. The van der Waals surface area contributed by atoms with Gasteiger partial charge in [0.05, 0.1) is 6.04 Å². The van der Waals surface area contributed by atoms with Crippen LogP contribution in [0.4, 0.5) is 4.39 Å². The van der Waals surface area contributed by atoms with Crippen LogP contribution in [0.3, 0.4) is 0 Å². The van der Waals surface area contributed by atoms with Gasteiger partial charge in [-0.15, -0.1) is 12.4 Å². The van der Waals surface area contributed by atoms with E-state index in [0.717, 1.165) is 31.5 Å². The van der Waals surface area contributed by atoms with Crippen LogP contribution >= 0.6 is 24.0 Å². The first kappa shape index (κ1) is 20.7. The zero-order chi connectivity index (χ0) is 17.6. The van der Waals surface area contributed by atoms with Crippen molar-refractivity contribution >= 4 is 29.9 Å². The lowest BCUT2D eigenvalue weighted by Gasteiger charge is -2.21. The molecular weight excluding hydrogens is 374 g/mol. The van der Waals surface area contributed by atoms with Gasteiger partial charge < -0.3 is 10.6 Å². The highest BCUT2D eigenvalue weighted by molar-refractivity contribution is 6.30. The summed E-state index contributed by atoms with van der Waals surface area (Å²) in [4.78, 5) is 12.5. The average Bonchev–Trinajstić information content (AvgIpc) is 3.11. The van der Waals surface area contributed by atoms with Crippen molar-refractivity contribution in [2.24, 2.45) is 5.92 Å². The maximum absolute atomic E-state index is 13.7. The lowest BCUT2D eigenvalue weighted by molar-refractivity contribution is -0.121. The molecule has 2 aromatic rings. The van der Waals surface area contributed by atoms with E-state index in [0.29, 0.717) is 22.9 Å². The Morgan fingerprint density at radius 2 is 1.96 bits per heavy atom. The molecule has 1 aliphatic heterocycles. The number of rotatable bonds is 6. The molecule has 140 valence electrons. The molecule has 1 amide bonds. The summed E-state index contributed by atoms with van der Waals surface area (Å²) in [5.74, 6) is 0.210. The van der Waals surface area contributed by atoms with Gasteiger partial charge in [0, 0.05) is 11.4 Å². The van der Waals surface area contributed by atoms with Crippen LogP contribution < -0.4 is 10.6 Å². The third-order valence-electron chi connectivity index (χ3n) is 4.61. The molecule has 2 N–H and O–H groups in total. The monoisotopic (exact) mass is 396 g/mol. The summed E-state index contributed by atoms with van der Waals surface area (Å²) in [7, 11) is 0. The maximum atomic E-state index is 13.7. The SMILES string of the molecule is Cl.O=C(CCC1CCNC1)NC(c1cccc(F)c1)c1cccc(Cl)c1. The lowest BCUT2D eigenvalue weighted by atomic mass is 9.97. The van der Waals surface area contributed by atoms with Gasteiger partial charge in [0.15, 0.2) is 0 Å². The number of nitrogens with one attached hydrogen (secondary N) is 2. The van der Waals surface area contributed by atoms with E-state index in [1.165, 1.54) is 12.1 Å². The van der Waals surface area contributed by atoms with Crippen LogP contribution in [0.5, 0.6) is 0 Å². The van der Waals surface area contributed by atoms with Crippen molar-refractivity contribution in [1.82, 2.24) is 10.6 Å². The number of benzene rings is 2. The summed E-state index contributed by atoms with van der Waals surface area (Å²) in [6, 6.07) is 13.2. The summed E-state index contributed by atoms with van der Waals surface area (Å²) in [5, 5.41) is 6.94. The molecule has 3 rings (SSSR count). The van der Waals surface area contributed by atoms with Gasteiger partial charge in [-0.05, 0) is 67.2 Å². The third-order valence-corrected chi connectivity index (χ3v) is 4.85. The van der Waals surface area contributed by atoms with Crippen molar-refractivity contribution in [3.05, 3.63) is 70.5 Å². The normalized spacial score (nSPS) is 17.4. The van der Waals surface area contributed by atoms with Crippen molar-refractivity contribution < 1.29 is 9.18 Å². The number of hydrogen-bond acceptors (Lipinski definition) is 2. The smallest absolute Gasteiger partial charge is 0.220 e. The van der Waals surface area contributed by atoms with Crippen LogP contribution in [0.25, 0.3) is 0 Å². The minimum absolute atomic E-state index is 0. The second-order valence-corrected chi connectivity index (χ2v) is 6.94. The topological polar surface area (TPSA) is 41.1 Å². The molecular formula is C20H23Cl2FN2O. The fraction of sp³-hybridized carbons (Fsp3) is 0.350. The Kier molecular flexibility index (Phi) is 7.88. The second kappa shape index (κ2) is 9.91. The van der Waals surface area contributed by atoms with Crippen LogP contribution in [0.2, 0.25) is 5.02 Å². The van der Waals surface area contributed by atoms with Crippen molar-refractivity contribution in [3.63, 3.8) is 0 Å². The van der Waals surface area contributed by atoms with E-state index >= 15 is 0 Å². The van der Waals surface area contributed by atoms with Gasteiger partial charge in [-0.1, -0.05) is 35.9 Å². The summed E-state index contributed by atoms with van der Waals surface area (Å²) < 4.78 is 13.7. The first-order valence-electron chi connectivity index (χ1n) is 8.63. The summed E-state index contributed by atoms with van der Waals surface area (Å²) in [5.41, 5.74) is 1.55. The van der Waals surface area contributed by atoms with E-state index in [-0.39, 0.29) is 24.1 Å². The standard InChI is InChI=1S/C20H22ClFN2O.ClH/c21-17-5-1-3-15(11-17)20(16-4-2-6-18(22)12-16)24-19(25)8-7-14-9-10-23-13-14;/h1-6,11-12,14,20,23H,7-10,13H2,(H,24,25);1H. The van der Waals surface area contributed by atoms with Gasteiger partial charge in [0.2, 0.25) is 5.91 Å². The molecule has 2 aromatic carbocycles. The van der Waals surface area contributed by atoms with Crippen molar-refractivity contribution in [3.8, 4) is 0 Å². The van der Waals surface area contributed by atoms with Crippen LogP contribution in [-0.4, -0.2) is 19.0 Å². The molecule has 0 radical (unpaired) electrons. The van der Waals surface area contributed by atoms with Gasteiger partial charge in [-0.2, -0.15) is 0 Å². The van der Waals surface area contributed by atoms with E-state index < -0.39 is 6.04 Å². The highest BCUT2D eigenvalue weighted by Gasteiger charge is 2.20. The molecule has 0 spiro atoms. The molecule has 3 nitrogen and oxygen atoms in total. The maximum Gasteiger partial charge on any atom is 0.220 e. The molecule has 0 aromatic heterocycles. The quantitative estimate of drug-likeness (QED) is 0.754. The number of amides is 1. The van der Waals surface area contributed by atoms with E-state index in [1.807, 2.05) is 18.2 Å². The minimum Gasteiger partial charge on any atom is -0.345 e. The molecule has 26 heavy (non-hydrogen) atoms. The summed E-state index contributed by atoms with van der Waals surface area (Å²) in [6.07, 6.45) is 2.46. The molecule has 1 fully saturated rings. The number of carbonyl (C=O) groups excluding carboxylic acids is 1. The molecule has 0 saturated carbocycles. The van der Waals surface area contributed by atoms with Crippen LogP contribution in [0.1, 0.15) is 36.4 Å². The zero-order valence-corrected chi connectivity index (χ0v) is 16.0. The Morgan fingerprint density at radius 1 is 1.23 bits per heavy atom. The molecule has 1 saturated heterocycles. The van der Waals surface area contributed by atoms with E-state index in [1.54, 1.807) is 18.2 Å². The highest BCUT2D eigenvalue weighted by atomic mass is 35.5. The zero-order valence-electron chi connectivity index (χ0n) is 14.4. The first-order valence-corrected chi connectivity index (χ1v) is 9.00. The average molecular weight is 397 g/mol. The van der Waals surface area contributed by atoms with Gasteiger partial charge in [0.1, 0.15) is 5.82 Å². The second-order valence-electron chi connectivity index (χ2n) is 6.51. The molecule has 6 heteroatoms. The first-order chi connectivity index (χ1) is 12.1. The Hall–Kier alpha value is -1.62. The Bertz CT molecular complexity index is 690. The fourth-order valence-electron chi connectivity index (χ4n) is 3.26. The number of hydrogen-bond donors (Lipinski definition) is 2. The Balaban J connectivity index is 0.00000243. The molecule has 2 unspecified atom stereocenters. The van der Waals surface area contributed by atoms with Gasteiger partial charge in [-0.3, -0.25) is 4.79 Å². The van der Waals surface area contributed by atoms with Crippen LogP contribution in [0, 0.1) is 11.7 Å². The summed E-state index contributed by atoms with van der Waals surface area (Å²) >= 11 is 6.10. The third kappa shape index (κ3) is 5.70. The van der Waals surface area contributed by atoms with Gasteiger partial charge >= 0.3 is 0 Å². The number of carbonyl (C=O) groups is 1. The van der Waals surface area contributed by atoms with Crippen molar-refractivity contribution in [2.45, 2.75) is 25.3 Å². The fourth-order valence-corrected chi connectivity index (χ4v) is 3.46. The van der Waals surface area contributed by atoms with Crippen molar-refractivity contribution in [1.29, 1.82) is 0 Å². The van der Waals surface area contributed by atoms with Crippen LogP contribution in [-0.2, 0) is 4.79 Å². The molecule has 2 atom stereocenters. The van der Waals surface area contributed by atoms with E-state index in [9.17, 15) is 9.18 Å². The Labute approximate surface area is 164 Å². The van der Waals surface area contributed by atoms with Crippen molar-refractivity contribution in [2.75, 3.05) is 13.1 Å². The predicted molar refractivity (Wildman–Crippen MR) is 105 cm³/mol. The number of halogens is 3. The van der Waals surface area contributed by atoms with E-state index in [2.05, 4.69) is 10.6 Å². The summed E-state index contributed by atoms with van der Waals surface area (Å²) in [6.45, 7) is 2.01. The molecule has 1 aliphatic rings. The lowest BCUT2D eigenvalue weighted by Crippen LogP contribution is -2.29. The van der Waals surface area contributed by atoms with Crippen LogP contribution in [0.15, 0.2) is 48.5 Å². The largest absolute Gasteiger partial charge is 0.345 e. The van der Waals surface area contributed by atoms with Gasteiger partial charge in [-0.25, -0.2) is 4.39 Å². The predicted octanol–water partition coefficient (Wildman–Crippen LogP) is 4.50. The Morgan fingerprint density at radius 3 is 2.62 bits per heavy atom. The highest BCUT2D eigenvalue weighted by Crippen LogP contribution is 2.25. The molecule has 0 bridgehead atoms. The van der Waals surface area contributed by atoms with Gasteiger partial charge in [0.25, 0.3) is 0 Å².